The Morgan fingerprint density at radius 1 is 1.27 bits per heavy atom. The molecule has 2 aliphatic rings. The summed E-state index contributed by atoms with van der Waals surface area (Å²) in [6.45, 7) is 12.7. The first kappa shape index (κ1) is 11.4. The van der Waals surface area contributed by atoms with Gasteiger partial charge in [0.05, 0.1) is 13.2 Å². The molecular weight excluding hydrogens is 186 g/mol. The van der Waals surface area contributed by atoms with Gasteiger partial charge in [-0.3, -0.25) is 4.90 Å². The number of nitrogens with zero attached hydrogens (tertiary/aromatic N) is 1. The van der Waals surface area contributed by atoms with E-state index >= 15 is 0 Å². The molecule has 0 aromatic heterocycles. The van der Waals surface area contributed by atoms with Crippen molar-refractivity contribution in [1.29, 1.82) is 0 Å². The zero-order valence-corrected chi connectivity index (χ0v) is 10.6. The summed E-state index contributed by atoms with van der Waals surface area (Å²) in [5.41, 5.74) is 0.472. The van der Waals surface area contributed by atoms with Crippen LogP contribution in [0.4, 0.5) is 0 Å². The van der Waals surface area contributed by atoms with E-state index in [-0.39, 0.29) is 0 Å². The van der Waals surface area contributed by atoms with Crippen molar-refractivity contribution in [1.82, 2.24) is 4.90 Å². The summed E-state index contributed by atoms with van der Waals surface area (Å²) in [5.74, 6) is 0.861. The molecule has 2 heterocycles. The van der Waals surface area contributed by atoms with Gasteiger partial charge in [-0.05, 0) is 46.1 Å². The van der Waals surface area contributed by atoms with E-state index in [1.807, 2.05) is 0 Å². The molecule has 15 heavy (non-hydrogen) atoms. The second-order valence-electron chi connectivity index (χ2n) is 5.96. The van der Waals surface area contributed by atoms with Gasteiger partial charge in [-0.1, -0.05) is 6.92 Å². The largest absolute Gasteiger partial charge is 0.380 e. The van der Waals surface area contributed by atoms with Gasteiger partial charge in [0.25, 0.3) is 0 Å². The normalized spacial score (nSPS) is 36.6. The van der Waals surface area contributed by atoms with Crippen molar-refractivity contribution in [3.8, 4) is 0 Å². The van der Waals surface area contributed by atoms with Crippen LogP contribution >= 0.6 is 0 Å². The molecule has 2 heteroatoms. The van der Waals surface area contributed by atoms with E-state index in [0.717, 1.165) is 19.1 Å². The average Bonchev–Trinajstić information content (AvgIpc) is 2.22. The number of ether oxygens (including phenoxy) is 1. The van der Waals surface area contributed by atoms with Gasteiger partial charge in [-0.2, -0.15) is 0 Å². The smallest absolute Gasteiger partial charge is 0.0559 e. The molecule has 88 valence electrons. The van der Waals surface area contributed by atoms with Crippen LogP contribution < -0.4 is 0 Å². The van der Waals surface area contributed by atoms with Gasteiger partial charge < -0.3 is 4.74 Å². The molecule has 1 spiro atoms. The lowest BCUT2D eigenvalue weighted by Gasteiger charge is -2.50. The summed E-state index contributed by atoms with van der Waals surface area (Å²) in [6.07, 6.45) is 2.71. The van der Waals surface area contributed by atoms with Crippen LogP contribution in [0.3, 0.4) is 0 Å². The molecule has 2 atom stereocenters. The van der Waals surface area contributed by atoms with Gasteiger partial charge in [0, 0.05) is 17.5 Å². The minimum Gasteiger partial charge on any atom is -0.380 e. The highest BCUT2D eigenvalue weighted by Crippen LogP contribution is 2.43. The van der Waals surface area contributed by atoms with E-state index < -0.39 is 0 Å². The van der Waals surface area contributed by atoms with Crippen molar-refractivity contribution in [2.24, 2.45) is 11.3 Å². The summed E-state index contributed by atoms with van der Waals surface area (Å²) in [4.78, 5) is 2.67. The Morgan fingerprint density at radius 2 is 1.93 bits per heavy atom. The lowest BCUT2D eigenvalue weighted by molar-refractivity contribution is -0.156. The molecule has 0 saturated carbocycles. The molecule has 2 rings (SSSR count). The van der Waals surface area contributed by atoms with Crippen LogP contribution in [-0.2, 0) is 4.74 Å². The molecule has 0 aromatic rings. The van der Waals surface area contributed by atoms with Crippen LogP contribution in [0.15, 0.2) is 0 Å². The van der Waals surface area contributed by atoms with E-state index in [2.05, 4.69) is 32.6 Å². The summed E-state index contributed by atoms with van der Waals surface area (Å²) < 4.78 is 5.49. The third-order valence-electron chi connectivity index (χ3n) is 4.46. The molecule has 2 fully saturated rings. The van der Waals surface area contributed by atoms with Crippen molar-refractivity contribution in [3.05, 3.63) is 0 Å². The number of hydrogen-bond donors (Lipinski definition) is 0. The Hall–Kier alpha value is -0.0800. The predicted octanol–water partition coefficient (Wildman–Crippen LogP) is 2.53. The summed E-state index contributed by atoms with van der Waals surface area (Å²) in [5, 5.41) is 0. The first-order valence-corrected chi connectivity index (χ1v) is 6.39. The quantitative estimate of drug-likeness (QED) is 0.661. The Labute approximate surface area is 94.0 Å². The van der Waals surface area contributed by atoms with Gasteiger partial charge in [0.1, 0.15) is 0 Å². The van der Waals surface area contributed by atoms with Crippen LogP contribution in [0, 0.1) is 11.3 Å². The second kappa shape index (κ2) is 4.06. The molecule has 0 amide bonds. The highest BCUT2D eigenvalue weighted by Gasteiger charge is 2.48. The molecule has 2 nitrogen and oxygen atoms in total. The fourth-order valence-electron chi connectivity index (χ4n) is 3.31. The van der Waals surface area contributed by atoms with Gasteiger partial charge >= 0.3 is 0 Å². The minimum absolute atomic E-state index is 0.472. The molecule has 0 unspecified atom stereocenters. The lowest BCUT2D eigenvalue weighted by atomic mass is 9.73. The summed E-state index contributed by atoms with van der Waals surface area (Å²) in [7, 11) is 0. The van der Waals surface area contributed by atoms with Gasteiger partial charge in [-0.25, -0.2) is 0 Å². The maximum atomic E-state index is 5.49. The molecule has 0 N–H and O–H groups in total. The van der Waals surface area contributed by atoms with E-state index in [9.17, 15) is 0 Å². The van der Waals surface area contributed by atoms with Crippen molar-refractivity contribution in [3.63, 3.8) is 0 Å². The highest BCUT2D eigenvalue weighted by molar-refractivity contribution is 4.98. The maximum Gasteiger partial charge on any atom is 0.0559 e. The van der Waals surface area contributed by atoms with Crippen molar-refractivity contribution in [2.75, 3.05) is 19.8 Å². The Balaban J connectivity index is 2.16. The Kier molecular flexibility index (Phi) is 3.09. The summed E-state index contributed by atoms with van der Waals surface area (Å²) in [6, 6.07) is 1.36. The summed E-state index contributed by atoms with van der Waals surface area (Å²) >= 11 is 0. The average molecular weight is 211 g/mol. The first-order valence-electron chi connectivity index (χ1n) is 6.39. The SMILES string of the molecule is CC(C)N1CC[C@@H](C)CC2(COC2)[C@H]1C. The van der Waals surface area contributed by atoms with Crippen LogP contribution in [0.5, 0.6) is 0 Å². The molecule has 0 bridgehead atoms. The van der Waals surface area contributed by atoms with Gasteiger partial charge in [0.15, 0.2) is 0 Å². The van der Waals surface area contributed by atoms with Crippen molar-refractivity contribution < 1.29 is 4.74 Å². The molecule has 2 saturated heterocycles. The third-order valence-corrected chi connectivity index (χ3v) is 4.46. The molecular formula is C13H25NO. The molecule has 2 aliphatic heterocycles. The van der Waals surface area contributed by atoms with E-state index in [1.165, 1.54) is 19.4 Å². The Bertz CT molecular complexity index is 223. The number of likely N-dealkylation sites (tertiary alicyclic amines) is 1. The molecule has 0 aromatic carbocycles. The molecule has 0 aliphatic carbocycles. The molecule has 0 radical (unpaired) electrons. The van der Waals surface area contributed by atoms with Crippen molar-refractivity contribution in [2.45, 2.75) is 52.6 Å². The topological polar surface area (TPSA) is 12.5 Å². The minimum atomic E-state index is 0.472. The Morgan fingerprint density at radius 3 is 2.40 bits per heavy atom. The van der Waals surface area contributed by atoms with Gasteiger partial charge in [0.2, 0.25) is 0 Å². The van der Waals surface area contributed by atoms with Crippen LogP contribution in [0.1, 0.15) is 40.5 Å². The number of hydrogen-bond acceptors (Lipinski definition) is 2. The van der Waals surface area contributed by atoms with Crippen molar-refractivity contribution >= 4 is 0 Å². The van der Waals surface area contributed by atoms with E-state index in [4.69, 9.17) is 4.74 Å². The van der Waals surface area contributed by atoms with Crippen LogP contribution in [0.2, 0.25) is 0 Å². The predicted molar refractivity (Wildman–Crippen MR) is 63.0 cm³/mol. The van der Waals surface area contributed by atoms with E-state index in [0.29, 0.717) is 17.5 Å². The zero-order valence-electron chi connectivity index (χ0n) is 10.6. The zero-order chi connectivity index (χ0) is 11.1. The fourth-order valence-corrected chi connectivity index (χ4v) is 3.31. The lowest BCUT2D eigenvalue weighted by Crippen LogP contribution is -2.57. The van der Waals surface area contributed by atoms with Gasteiger partial charge in [-0.15, -0.1) is 0 Å². The second-order valence-corrected chi connectivity index (χ2v) is 5.96. The first-order chi connectivity index (χ1) is 7.05. The standard InChI is InChI=1S/C13H25NO/c1-10(2)14-6-5-11(3)7-13(12(14)4)8-15-9-13/h10-12H,5-9H2,1-4H3/t11-,12-/m1/s1. The monoisotopic (exact) mass is 211 g/mol. The van der Waals surface area contributed by atoms with E-state index in [1.54, 1.807) is 0 Å². The van der Waals surface area contributed by atoms with Crippen LogP contribution in [0.25, 0.3) is 0 Å². The van der Waals surface area contributed by atoms with Crippen LogP contribution in [-0.4, -0.2) is 36.7 Å². The fraction of sp³-hybridized carbons (Fsp3) is 1.00. The maximum absolute atomic E-state index is 5.49. The number of rotatable bonds is 1. The third kappa shape index (κ3) is 1.94. The highest BCUT2D eigenvalue weighted by atomic mass is 16.5.